The minimum atomic E-state index is 0.0127. The summed E-state index contributed by atoms with van der Waals surface area (Å²) in [7, 11) is 1.85. The number of anilines is 1. The summed E-state index contributed by atoms with van der Waals surface area (Å²) in [6.07, 6.45) is 2.81. The Morgan fingerprint density at radius 3 is 2.76 bits per heavy atom. The topological polar surface area (TPSA) is 51.3 Å². The van der Waals surface area contributed by atoms with Crippen molar-refractivity contribution in [3.63, 3.8) is 0 Å². The highest BCUT2D eigenvalue weighted by Gasteiger charge is 2.22. The molecular weight excluding hydrogens is 282 g/mol. The number of nitrogen functional groups attached to an aromatic ring is 1. The van der Waals surface area contributed by atoms with E-state index in [1.807, 2.05) is 17.8 Å². The summed E-state index contributed by atoms with van der Waals surface area (Å²) in [5.41, 5.74) is 7.15. The van der Waals surface area contributed by atoms with Crippen molar-refractivity contribution in [1.29, 1.82) is 0 Å². The van der Waals surface area contributed by atoms with Crippen LogP contribution < -0.4 is 5.73 Å². The lowest BCUT2D eigenvalue weighted by Crippen LogP contribution is -2.30. The van der Waals surface area contributed by atoms with E-state index in [0.29, 0.717) is 11.4 Å². The molecule has 0 saturated carbocycles. The van der Waals surface area contributed by atoms with Gasteiger partial charge in [-0.1, -0.05) is 6.92 Å². The SMILES string of the molecule is CCCn1cc(N)cc1C(=O)N(C)C(C)c1ccc(C)s1. The molecule has 1 amide bonds. The van der Waals surface area contributed by atoms with E-state index in [4.69, 9.17) is 5.73 Å². The lowest BCUT2D eigenvalue weighted by molar-refractivity contribution is 0.0734. The largest absolute Gasteiger partial charge is 0.397 e. The van der Waals surface area contributed by atoms with Gasteiger partial charge >= 0.3 is 0 Å². The second kappa shape index (κ2) is 6.35. The van der Waals surface area contributed by atoms with Crippen LogP contribution in [0.4, 0.5) is 5.69 Å². The molecule has 0 aromatic carbocycles. The van der Waals surface area contributed by atoms with Gasteiger partial charge in [0.25, 0.3) is 5.91 Å². The molecule has 0 fully saturated rings. The number of thiophene rings is 1. The lowest BCUT2D eigenvalue weighted by Gasteiger charge is -2.24. The highest BCUT2D eigenvalue weighted by Crippen LogP contribution is 2.27. The zero-order chi connectivity index (χ0) is 15.6. The molecule has 0 radical (unpaired) electrons. The van der Waals surface area contributed by atoms with Crippen LogP contribution in [0.5, 0.6) is 0 Å². The van der Waals surface area contributed by atoms with Gasteiger partial charge in [-0.3, -0.25) is 4.79 Å². The Morgan fingerprint density at radius 1 is 1.48 bits per heavy atom. The van der Waals surface area contributed by atoms with Crippen molar-refractivity contribution in [2.45, 2.75) is 39.8 Å². The zero-order valence-electron chi connectivity index (χ0n) is 13.1. The first kappa shape index (κ1) is 15.6. The number of carbonyl (C=O) groups is 1. The Labute approximate surface area is 130 Å². The van der Waals surface area contributed by atoms with Crippen molar-refractivity contribution in [1.82, 2.24) is 9.47 Å². The second-order valence-corrected chi connectivity index (χ2v) is 6.71. The van der Waals surface area contributed by atoms with Crippen LogP contribution in [0.1, 0.15) is 46.6 Å². The third-order valence-electron chi connectivity index (χ3n) is 3.68. The molecule has 0 bridgehead atoms. The fraction of sp³-hybridized carbons (Fsp3) is 0.438. The summed E-state index contributed by atoms with van der Waals surface area (Å²) < 4.78 is 1.94. The Balaban J connectivity index is 2.22. The standard InChI is InChI=1S/C16H23N3OS/c1-5-8-19-10-13(17)9-14(19)16(20)18(4)12(3)15-7-6-11(2)21-15/h6-7,9-10,12H,5,8,17H2,1-4H3. The fourth-order valence-corrected chi connectivity index (χ4v) is 3.34. The zero-order valence-corrected chi connectivity index (χ0v) is 13.9. The fourth-order valence-electron chi connectivity index (χ4n) is 2.36. The number of aryl methyl sites for hydroxylation is 2. The molecule has 1 atom stereocenters. The molecule has 2 N–H and O–H groups in total. The first-order valence-corrected chi connectivity index (χ1v) is 8.04. The van der Waals surface area contributed by atoms with Gasteiger partial charge in [0.05, 0.1) is 11.7 Å². The number of aromatic nitrogens is 1. The molecule has 1 unspecified atom stereocenters. The molecule has 0 aliphatic heterocycles. The first-order chi connectivity index (χ1) is 9.93. The molecule has 0 aliphatic carbocycles. The summed E-state index contributed by atoms with van der Waals surface area (Å²) in [6.45, 7) is 7.03. The molecule has 4 nitrogen and oxygen atoms in total. The normalized spacial score (nSPS) is 12.4. The van der Waals surface area contributed by atoms with Crippen LogP contribution in [0.3, 0.4) is 0 Å². The van der Waals surface area contributed by atoms with Crippen molar-refractivity contribution < 1.29 is 4.79 Å². The average molecular weight is 305 g/mol. The van der Waals surface area contributed by atoms with Gasteiger partial charge in [0.2, 0.25) is 0 Å². The first-order valence-electron chi connectivity index (χ1n) is 7.23. The molecule has 2 heterocycles. The van der Waals surface area contributed by atoms with Gasteiger partial charge in [-0.2, -0.15) is 0 Å². The molecule has 2 rings (SSSR count). The Morgan fingerprint density at radius 2 is 2.19 bits per heavy atom. The van der Waals surface area contributed by atoms with Gasteiger partial charge in [-0.05, 0) is 38.5 Å². The lowest BCUT2D eigenvalue weighted by atomic mass is 10.2. The minimum absolute atomic E-state index is 0.0127. The van der Waals surface area contributed by atoms with Crippen LogP contribution in [0.15, 0.2) is 24.4 Å². The Bertz CT molecular complexity index is 629. The second-order valence-electron chi connectivity index (χ2n) is 5.39. The highest BCUT2D eigenvalue weighted by atomic mass is 32.1. The van der Waals surface area contributed by atoms with Crippen molar-refractivity contribution in [3.05, 3.63) is 39.8 Å². The van der Waals surface area contributed by atoms with Gasteiger partial charge < -0.3 is 15.2 Å². The summed E-state index contributed by atoms with van der Waals surface area (Å²) in [4.78, 5) is 17.0. The maximum Gasteiger partial charge on any atom is 0.270 e. The number of amides is 1. The van der Waals surface area contributed by atoms with Crippen molar-refractivity contribution in [3.8, 4) is 0 Å². The maximum absolute atomic E-state index is 12.7. The van der Waals surface area contributed by atoms with Crippen molar-refractivity contribution in [2.75, 3.05) is 12.8 Å². The molecule has 21 heavy (non-hydrogen) atoms. The van der Waals surface area contributed by atoms with Gasteiger partial charge in [0, 0.05) is 29.5 Å². The summed E-state index contributed by atoms with van der Waals surface area (Å²) in [6, 6.07) is 6.00. The van der Waals surface area contributed by atoms with Crippen LogP contribution in [0, 0.1) is 6.92 Å². The van der Waals surface area contributed by atoms with E-state index in [1.165, 1.54) is 9.75 Å². The molecule has 2 aromatic heterocycles. The van der Waals surface area contributed by atoms with E-state index in [9.17, 15) is 4.79 Å². The van der Waals surface area contributed by atoms with Crippen LogP contribution in [0.2, 0.25) is 0 Å². The molecule has 114 valence electrons. The number of hydrogen-bond donors (Lipinski definition) is 1. The number of hydrogen-bond acceptors (Lipinski definition) is 3. The summed E-state index contributed by atoms with van der Waals surface area (Å²) in [5, 5.41) is 0. The van der Waals surface area contributed by atoms with Crippen LogP contribution in [-0.2, 0) is 6.54 Å². The van der Waals surface area contributed by atoms with Gasteiger partial charge in [0.15, 0.2) is 0 Å². The number of nitrogens with zero attached hydrogens (tertiary/aromatic N) is 2. The van der Waals surface area contributed by atoms with E-state index in [2.05, 4.69) is 32.9 Å². The van der Waals surface area contributed by atoms with Gasteiger partial charge in [0.1, 0.15) is 5.69 Å². The molecule has 2 aromatic rings. The third kappa shape index (κ3) is 3.29. The molecule has 0 aliphatic rings. The predicted molar refractivity (Wildman–Crippen MR) is 88.7 cm³/mol. The Hall–Kier alpha value is -1.75. The maximum atomic E-state index is 12.7. The Kier molecular flexibility index (Phi) is 4.73. The third-order valence-corrected chi connectivity index (χ3v) is 4.85. The average Bonchev–Trinajstić information content (AvgIpc) is 3.03. The molecule has 0 saturated heterocycles. The van der Waals surface area contributed by atoms with E-state index in [1.54, 1.807) is 22.3 Å². The monoisotopic (exact) mass is 305 g/mol. The van der Waals surface area contributed by atoms with E-state index in [-0.39, 0.29) is 11.9 Å². The summed E-state index contributed by atoms with van der Waals surface area (Å²) >= 11 is 1.73. The number of nitrogens with two attached hydrogens (primary N) is 1. The molecule has 0 spiro atoms. The van der Waals surface area contributed by atoms with E-state index >= 15 is 0 Å². The quantitative estimate of drug-likeness (QED) is 0.916. The number of rotatable bonds is 5. The van der Waals surface area contributed by atoms with Gasteiger partial charge in [-0.15, -0.1) is 11.3 Å². The molecule has 5 heteroatoms. The smallest absolute Gasteiger partial charge is 0.270 e. The minimum Gasteiger partial charge on any atom is -0.397 e. The molecular formula is C16H23N3OS. The van der Waals surface area contributed by atoms with Crippen molar-refractivity contribution >= 4 is 22.9 Å². The predicted octanol–water partition coefficient (Wildman–Crippen LogP) is 3.68. The summed E-state index contributed by atoms with van der Waals surface area (Å²) in [5.74, 6) is 0.0127. The van der Waals surface area contributed by atoms with Crippen molar-refractivity contribution in [2.24, 2.45) is 0 Å². The van der Waals surface area contributed by atoms with Crippen LogP contribution in [0.25, 0.3) is 0 Å². The van der Waals surface area contributed by atoms with Gasteiger partial charge in [-0.25, -0.2) is 0 Å². The van der Waals surface area contributed by atoms with E-state index < -0.39 is 0 Å². The van der Waals surface area contributed by atoms with E-state index in [0.717, 1.165) is 13.0 Å². The highest BCUT2D eigenvalue weighted by molar-refractivity contribution is 7.12. The van der Waals surface area contributed by atoms with Crippen LogP contribution >= 0.6 is 11.3 Å². The van der Waals surface area contributed by atoms with Crippen LogP contribution in [-0.4, -0.2) is 22.4 Å². The number of carbonyl (C=O) groups excluding carboxylic acids is 1.